The van der Waals surface area contributed by atoms with Gasteiger partial charge in [-0.2, -0.15) is 0 Å². The first-order chi connectivity index (χ1) is 11.1. The van der Waals surface area contributed by atoms with Gasteiger partial charge in [0.25, 0.3) is 5.91 Å². The fraction of sp³-hybridized carbons (Fsp3) is 0.438. The smallest absolute Gasteiger partial charge is 0.330 e. The van der Waals surface area contributed by atoms with Crippen LogP contribution in [0.15, 0.2) is 18.2 Å². The van der Waals surface area contributed by atoms with Gasteiger partial charge in [-0.15, -0.1) is 0 Å². The zero-order chi connectivity index (χ0) is 16.7. The number of rotatable bonds is 8. The van der Waals surface area contributed by atoms with Crippen molar-refractivity contribution >= 4 is 30.5 Å². The van der Waals surface area contributed by atoms with E-state index in [1.54, 1.807) is 19.6 Å². The Balaban J connectivity index is 1.65. The maximum atomic E-state index is 12.0. The van der Waals surface area contributed by atoms with E-state index >= 15 is 0 Å². The van der Waals surface area contributed by atoms with Crippen molar-refractivity contribution in [1.82, 2.24) is 10.6 Å². The molecule has 1 aliphatic rings. The van der Waals surface area contributed by atoms with E-state index in [0.717, 1.165) is 11.0 Å². The monoisotopic (exact) mass is 315 g/mol. The average Bonchev–Trinajstić information content (AvgIpc) is 2.98. The number of fused-ring (bicyclic) bond motifs is 1. The normalized spacial score (nSPS) is 12.2. The first-order valence-corrected chi connectivity index (χ1v) is 7.68. The van der Waals surface area contributed by atoms with Crippen LogP contribution in [-0.4, -0.2) is 38.2 Å². The molecular formula is C16H20BN2O4. The third kappa shape index (κ3) is 5.52. The van der Waals surface area contributed by atoms with Crippen LogP contribution in [0.2, 0.25) is 0 Å². The lowest BCUT2D eigenvalue weighted by molar-refractivity contribution is -0.121. The number of carbonyl (C=O) groups excluding carboxylic acids is 3. The van der Waals surface area contributed by atoms with Gasteiger partial charge in [-0.3, -0.25) is 14.4 Å². The summed E-state index contributed by atoms with van der Waals surface area (Å²) in [6, 6.07) is 5.45. The molecule has 1 aromatic rings. The van der Waals surface area contributed by atoms with Gasteiger partial charge in [-0.25, -0.2) is 0 Å². The third-order valence-corrected chi connectivity index (χ3v) is 3.52. The zero-order valence-electron chi connectivity index (χ0n) is 13.2. The first kappa shape index (κ1) is 17.2. The standard InChI is InChI=1S/C16H20BN2O4/c1-11(20)6-8-18-15(21)3-2-7-19-16(22)12-4-5-13-10-23-17-14(13)9-12/h4-5,9H,2-3,6-8,10H2,1H3,(H,18,21)(H,19,22). The summed E-state index contributed by atoms with van der Waals surface area (Å²) in [5.74, 6) is -0.218. The maximum Gasteiger partial charge on any atom is 0.330 e. The number of hydrogen-bond acceptors (Lipinski definition) is 4. The molecule has 1 heterocycles. The van der Waals surface area contributed by atoms with Gasteiger partial charge in [-0.05, 0) is 30.4 Å². The van der Waals surface area contributed by atoms with E-state index in [9.17, 15) is 14.4 Å². The van der Waals surface area contributed by atoms with Crippen molar-refractivity contribution in [2.24, 2.45) is 0 Å². The molecule has 0 bridgehead atoms. The van der Waals surface area contributed by atoms with Gasteiger partial charge in [0.1, 0.15) is 5.78 Å². The van der Waals surface area contributed by atoms with Crippen molar-refractivity contribution in [2.45, 2.75) is 32.8 Å². The molecule has 0 fully saturated rings. The molecule has 0 unspecified atom stereocenters. The van der Waals surface area contributed by atoms with Gasteiger partial charge >= 0.3 is 7.48 Å². The fourth-order valence-electron chi connectivity index (χ4n) is 2.22. The van der Waals surface area contributed by atoms with E-state index in [4.69, 9.17) is 4.65 Å². The molecule has 1 radical (unpaired) electrons. The second-order valence-corrected chi connectivity index (χ2v) is 5.50. The van der Waals surface area contributed by atoms with Crippen LogP contribution in [0.1, 0.15) is 42.1 Å². The molecule has 1 aliphatic heterocycles. The van der Waals surface area contributed by atoms with E-state index < -0.39 is 0 Å². The van der Waals surface area contributed by atoms with E-state index in [-0.39, 0.29) is 17.6 Å². The minimum atomic E-state index is -0.162. The van der Waals surface area contributed by atoms with E-state index in [1.807, 2.05) is 6.07 Å². The third-order valence-electron chi connectivity index (χ3n) is 3.52. The Bertz CT molecular complexity index is 604. The molecule has 1 aromatic carbocycles. The molecule has 121 valence electrons. The molecule has 2 N–H and O–H groups in total. The lowest BCUT2D eigenvalue weighted by Gasteiger charge is -2.07. The van der Waals surface area contributed by atoms with Crippen LogP contribution in [0.5, 0.6) is 0 Å². The van der Waals surface area contributed by atoms with E-state index in [1.165, 1.54) is 6.92 Å². The highest BCUT2D eigenvalue weighted by molar-refractivity contribution is 6.49. The zero-order valence-corrected chi connectivity index (χ0v) is 13.2. The first-order valence-electron chi connectivity index (χ1n) is 7.68. The van der Waals surface area contributed by atoms with Crippen LogP contribution in [0.4, 0.5) is 0 Å². The molecule has 23 heavy (non-hydrogen) atoms. The van der Waals surface area contributed by atoms with Gasteiger partial charge in [0.05, 0.1) is 6.61 Å². The summed E-state index contributed by atoms with van der Waals surface area (Å²) in [6.45, 7) is 2.84. The summed E-state index contributed by atoms with van der Waals surface area (Å²) >= 11 is 0. The predicted octanol–water partition coefficient (Wildman–Crippen LogP) is 0.0666. The molecule has 0 spiro atoms. The van der Waals surface area contributed by atoms with Crippen molar-refractivity contribution in [3.05, 3.63) is 29.3 Å². The highest BCUT2D eigenvalue weighted by Gasteiger charge is 2.15. The molecule has 6 nitrogen and oxygen atoms in total. The Morgan fingerprint density at radius 3 is 2.78 bits per heavy atom. The number of ketones is 1. The Kier molecular flexibility index (Phi) is 6.34. The Morgan fingerprint density at radius 2 is 2.00 bits per heavy atom. The van der Waals surface area contributed by atoms with Crippen LogP contribution in [0, 0.1) is 0 Å². The Labute approximate surface area is 136 Å². The second-order valence-electron chi connectivity index (χ2n) is 5.50. The Hall–Kier alpha value is -2.15. The summed E-state index contributed by atoms with van der Waals surface area (Å²) in [5, 5.41) is 5.46. The van der Waals surface area contributed by atoms with Crippen LogP contribution < -0.4 is 16.1 Å². The molecule has 2 amide bonds. The largest absolute Gasteiger partial charge is 0.430 e. The average molecular weight is 315 g/mol. The number of benzene rings is 1. The molecule has 2 rings (SSSR count). The molecule has 0 saturated heterocycles. The van der Waals surface area contributed by atoms with E-state index in [2.05, 4.69) is 10.6 Å². The Morgan fingerprint density at radius 1 is 1.17 bits per heavy atom. The number of hydrogen-bond donors (Lipinski definition) is 2. The van der Waals surface area contributed by atoms with Crippen LogP contribution in [0.3, 0.4) is 0 Å². The van der Waals surface area contributed by atoms with Gasteiger partial charge in [-0.1, -0.05) is 12.1 Å². The summed E-state index contributed by atoms with van der Waals surface area (Å²) in [7, 11) is 1.65. The molecular weight excluding hydrogens is 295 g/mol. The van der Waals surface area contributed by atoms with Gasteiger partial charge in [0.15, 0.2) is 0 Å². The van der Waals surface area contributed by atoms with E-state index in [0.29, 0.717) is 44.5 Å². The van der Waals surface area contributed by atoms with Crippen LogP contribution in [0.25, 0.3) is 0 Å². The van der Waals surface area contributed by atoms with Gasteiger partial charge in [0.2, 0.25) is 5.91 Å². The molecule has 0 aliphatic carbocycles. The number of nitrogens with one attached hydrogen (secondary N) is 2. The summed E-state index contributed by atoms with van der Waals surface area (Å²) in [4.78, 5) is 34.3. The highest BCUT2D eigenvalue weighted by atomic mass is 16.4. The van der Waals surface area contributed by atoms with Gasteiger partial charge < -0.3 is 15.3 Å². The second kappa shape index (κ2) is 8.48. The predicted molar refractivity (Wildman–Crippen MR) is 86.5 cm³/mol. The number of amides is 2. The topological polar surface area (TPSA) is 84.5 Å². The highest BCUT2D eigenvalue weighted by Crippen LogP contribution is 2.08. The van der Waals surface area contributed by atoms with Crippen LogP contribution >= 0.6 is 0 Å². The van der Waals surface area contributed by atoms with Gasteiger partial charge in [0, 0.05) is 31.5 Å². The maximum absolute atomic E-state index is 12.0. The molecule has 0 atom stereocenters. The lowest BCUT2D eigenvalue weighted by Crippen LogP contribution is -2.29. The fourth-order valence-corrected chi connectivity index (χ4v) is 2.22. The number of Topliss-reactive ketones (excluding diaryl/α,β-unsaturated/α-hetero) is 1. The van der Waals surface area contributed by atoms with Crippen LogP contribution in [-0.2, 0) is 20.9 Å². The summed E-state index contributed by atoms with van der Waals surface area (Å²) in [6.07, 6.45) is 1.23. The SMILES string of the molecule is CC(=O)CCNC(=O)CCCNC(=O)c1ccc2c(c1)[B]OC2. The molecule has 7 heteroatoms. The van der Waals surface area contributed by atoms with Crippen molar-refractivity contribution in [3.63, 3.8) is 0 Å². The molecule has 0 saturated carbocycles. The summed E-state index contributed by atoms with van der Waals surface area (Å²) < 4.78 is 5.20. The van der Waals surface area contributed by atoms with Crippen molar-refractivity contribution in [3.8, 4) is 0 Å². The number of carbonyl (C=O) groups is 3. The lowest BCUT2D eigenvalue weighted by atomic mass is 9.86. The summed E-state index contributed by atoms with van der Waals surface area (Å²) in [5.41, 5.74) is 2.59. The quantitative estimate of drug-likeness (QED) is 0.525. The minimum absolute atomic E-state index is 0.0505. The molecule has 0 aromatic heterocycles. The van der Waals surface area contributed by atoms with Crippen molar-refractivity contribution < 1.29 is 19.0 Å². The minimum Gasteiger partial charge on any atom is -0.430 e. The van der Waals surface area contributed by atoms with Crippen molar-refractivity contribution in [2.75, 3.05) is 13.1 Å². The van der Waals surface area contributed by atoms with Crippen molar-refractivity contribution in [1.29, 1.82) is 0 Å².